The van der Waals surface area contributed by atoms with E-state index in [2.05, 4.69) is 19.6 Å². The first-order valence-corrected chi connectivity index (χ1v) is 9.65. The minimum Gasteiger partial charge on any atom is -0.335 e. The van der Waals surface area contributed by atoms with Gasteiger partial charge in [-0.15, -0.1) is 0 Å². The highest BCUT2D eigenvalue weighted by molar-refractivity contribution is 5.93. The van der Waals surface area contributed by atoms with Crippen molar-refractivity contribution in [3.8, 4) is 0 Å². The number of fused-ring (bicyclic) bond motifs is 1. The van der Waals surface area contributed by atoms with Gasteiger partial charge in [-0.1, -0.05) is 0 Å². The smallest absolute Gasteiger partial charge is 0.274 e. The summed E-state index contributed by atoms with van der Waals surface area (Å²) in [6, 6.07) is 4.04. The molecule has 0 radical (unpaired) electrons. The number of hydrogen-bond acceptors (Lipinski definition) is 4. The van der Waals surface area contributed by atoms with Crippen LogP contribution in [0, 0.1) is 20.8 Å². The van der Waals surface area contributed by atoms with Gasteiger partial charge in [-0.3, -0.25) is 4.79 Å². The van der Waals surface area contributed by atoms with Crippen molar-refractivity contribution >= 4 is 11.6 Å². The monoisotopic (exact) mass is 366 g/mol. The van der Waals surface area contributed by atoms with Gasteiger partial charge in [0.1, 0.15) is 5.82 Å². The van der Waals surface area contributed by atoms with E-state index in [9.17, 15) is 4.79 Å². The Labute approximate surface area is 159 Å². The Morgan fingerprint density at radius 2 is 2.07 bits per heavy atom. The van der Waals surface area contributed by atoms with Crippen molar-refractivity contribution in [2.45, 2.75) is 59.0 Å². The van der Waals surface area contributed by atoms with E-state index in [0.717, 1.165) is 55.2 Å². The lowest BCUT2D eigenvalue weighted by Gasteiger charge is -2.35. The van der Waals surface area contributed by atoms with E-state index in [1.54, 1.807) is 4.52 Å². The Hall–Kier alpha value is -2.70. The van der Waals surface area contributed by atoms with E-state index in [4.69, 9.17) is 0 Å². The molecule has 4 rings (SSSR count). The van der Waals surface area contributed by atoms with Crippen LogP contribution in [0.5, 0.6) is 0 Å². The predicted molar refractivity (Wildman–Crippen MR) is 103 cm³/mol. The zero-order valence-electron chi connectivity index (χ0n) is 16.2. The van der Waals surface area contributed by atoms with E-state index in [0.29, 0.717) is 5.69 Å². The molecule has 1 aliphatic rings. The maximum absolute atomic E-state index is 13.2. The molecule has 0 aliphatic carbocycles. The summed E-state index contributed by atoms with van der Waals surface area (Å²) in [7, 11) is 0. The van der Waals surface area contributed by atoms with Gasteiger partial charge in [-0.25, -0.2) is 14.5 Å². The van der Waals surface area contributed by atoms with Gasteiger partial charge in [-0.2, -0.15) is 5.10 Å². The Kier molecular flexibility index (Phi) is 4.68. The highest BCUT2D eigenvalue weighted by atomic mass is 16.2. The van der Waals surface area contributed by atoms with Gasteiger partial charge < -0.3 is 9.47 Å². The van der Waals surface area contributed by atoms with Gasteiger partial charge >= 0.3 is 0 Å². The van der Waals surface area contributed by atoms with Gasteiger partial charge in [0.2, 0.25) is 0 Å². The second-order valence-corrected chi connectivity index (χ2v) is 7.44. The molecule has 0 saturated carbocycles. The molecule has 1 atom stereocenters. The third-order valence-corrected chi connectivity index (χ3v) is 5.47. The van der Waals surface area contributed by atoms with Gasteiger partial charge in [0.05, 0.1) is 0 Å². The molecule has 0 spiro atoms. The fraction of sp³-hybridized carbons (Fsp3) is 0.500. The van der Waals surface area contributed by atoms with Gasteiger partial charge in [0.25, 0.3) is 5.91 Å². The maximum atomic E-state index is 13.2. The topological polar surface area (TPSA) is 68.3 Å². The van der Waals surface area contributed by atoms with Crippen molar-refractivity contribution in [1.29, 1.82) is 0 Å². The molecule has 7 nitrogen and oxygen atoms in total. The molecule has 1 fully saturated rings. The van der Waals surface area contributed by atoms with Crippen LogP contribution < -0.4 is 0 Å². The van der Waals surface area contributed by atoms with Crippen LogP contribution in [0.4, 0.5) is 0 Å². The first kappa shape index (κ1) is 17.7. The zero-order chi connectivity index (χ0) is 19.0. The van der Waals surface area contributed by atoms with E-state index in [1.165, 1.54) is 6.42 Å². The number of carbonyl (C=O) groups is 1. The second kappa shape index (κ2) is 7.13. The summed E-state index contributed by atoms with van der Waals surface area (Å²) >= 11 is 0. The number of imidazole rings is 1. The molecule has 1 saturated heterocycles. The normalized spacial score (nSPS) is 17.6. The van der Waals surface area contributed by atoms with E-state index >= 15 is 0 Å². The molecular formula is C20H26N6O. The minimum atomic E-state index is 0.0182. The lowest BCUT2D eigenvalue weighted by molar-refractivity contribution is 0.0589. The SMILES string of the molecule is Cc1cc(C)n2nc(C(=O)N3CCCC[C@@H]3CCn3ccnc3C)cc2n1. The van der Waals surface area contributed by atoms with Crippen LogP contribution in [0.3, 0.4) is 0 Å². The van der Waals surface area contributed by atoms with Crippen molar-refractivity contribution in [3.05, 3.63) is 47.4 Å². The average Bonchev–Trinajstić information content (AvgIpc) is 3.26. The first-order valence-electron chi connectivity index (χ1n) is 9.65. The molecule has 142 valence electrons. The standard InChI is InChI=1S/C20H26N6O/c1-14-12-15(2)26-19(22-14)13-18(23-26)20(27)25-9-5-4-6-17(25)7-10-24-11-8-21-16(24)3/h8,11-13,17H,4-7,9-10H2,1-3H3/t17-/m1/s1. The number of likely N-dealkylation sites (tertiary alicyclic amines) is 1. The summed E-state index contributed by atoms with van der Waals surface area (Å²) in [5.74, 6) is 1.03. The van der Waals surface area contributed by atoms with Crippen LogP contribution in [0.15, 0.2) is 24.5 Å². The van der Waals surface area contributed by atoms with E-state index < -0.39 is 0 Å². The van der Waals surface area contributed by atoms with E-state index in [-0.39, 0.29) is 11.9 Å². The van der Waals surface area contributed by atoms with Gasteiger partial charge in [0, 0.05) is 49.0 Å². The van der Waals surface area contributed by atoms with Crippen LogP contribution in [0.1, 0.15) is 53.4 Å². The Balaban J connectivity index is 1.55. The molecule has 4 heterocycles. The lowest BCUT2D eigenvalue weighted by Crippen LogP contribution is -2.44. The van der Waals surface area contributed by atoms with Crippen LogP contribution in [0.2, 0.25) is 0 Å². The number of nitrogens with zero attached hydrogens (tertiary/aromatic N) is 6. The van der Waals surface area contributed by atoms with Crippen molar-refractivity contribution in [2.75, 3.05) is 6.54 Å². The lowest BCUT2D eigenvalue weighted by atomic mass is 9.98. The average molecular weight is 366 g/mol. The predicted octanol–water partition coefficient (Wildman–Crippen LogP) is 2.94. The van der Waals surface area contributed by atoms with Crippen LogP contribution in [0.25, 0.3) is 5.65 Å². The molecule has 0 bridgehead atoms. The van der Waals surface area contributed by atoms with Gasteiger partial charge in [-0.05, 0) is 52.5 Å². The van der Waals surface area contributed by atoms with Crippen LogP contribution >= 0.6 is 0 Å². The van der Waals surface area contributed by atoms with Crippen molar-refractivity contribution < 1.29 is 4.79 Å². The van der Waals surface area contributed by atoms with E-state index in [1.807, 2.05) is 50.2 Å². The molecule has 3 aromatic rings. The number of rotatable bonds is 4. The highest BCUT2D eigenvalue weighted by Crippen LogP contribution is 2.23. The molecule has 1 amide bonds. The quantitative estimate of drug-likeness (QED) is 0.712. The Bertz CT molecular complexity index is 972. The zero-order valence-corrected chi connectivity index (χ0v) is 16.2. The molecule has 27 heavy (non-hydrogen) atoms. The number of aromatic nitrogens is 5. The Morgan fingerprint density at radius 3 is 2.85 bits per heavy atom. The molecule has 1 aliphatic heterocycles. The summed E-state index contributed by atoms with van der Waals surface area (Å²) in [5, 5.41) is 4.53. The molecule has 0 N–H and O–H groups in total. The summed E-state index contributed by atoms with van der Waals surface area (Å²) in [6.45, 7) is 7.63. The summed E-state index contributed by atoms with van der Waals surface area (Å²) < 4.78 is 3.91. The second-order valence-electron chi connectivity index (χ2n) is 7.44. The third-order valence-electron chi connectivity index (χ3n) is 5.47. The van der Waals surface area contributed by atoms with Crippen LogP contribution in [-0.2, 0) is 6.54 Å². The number of carbonyl (C=O) groups excluding carboxylic acids is 1. The fourth-order valence-corrected chi connectivity index (χ4v) is 4.03. The fourth-order valence-electron chi connectivity index (χ4n) is 4.03. The molecule has 3 aromatic heterocycles. The van der Waals surface area contributed by atoms with Crippen LogP contribution in [-0.4, -0.2) is 47.5 Å². The molecule has 0 unspecified atom stereocenters. The number of piperidine rings is 1. The number of aryl methyl sites for hydroxylation is 4. The first-order chi connectivity index (χ1) is 13.0. The highest BCUT2D eigenvalue weighted by Gasteiger charge is 2.29. The summed E-state index contributed by atoms with van der Waals surface area (Å²) in [4.78, 5) is 24.0. The largest absolute Gasteiger partial charge is 0.335 e. The van der Waals surface area contributed by atoms with Gasteiger partial charge in [0.15, 0.2) is 11.3 Å². The Morgan fingerprint density at radius 1 is 1.22 bits per heavy atom. The number of hydrogen-bond donors (Lipinski definition) is 0. The molecular weight excluding hydrogens is 340 g/mol. The third kappa shape index (κ3) is 3.46. The number of amides is 1. The molecule has 7 heteroatoms. The maximum Gasteiger partial charge on any atom is 0.274 e. The molecule has 0 aromatic carbocycles. The minimum absolute atomic E-state index is 0.0182. The van der Waals surface area contributed by atoms with Crippen molar-refractivity contribution in [2.24, 2.45) is 0 Å². The van der Waals surface area contributed by atoms with Crippen molar-refractivity contribution in [3.63, 3.8) is 0 Å². The summed E-state index contributed by atoms with van der Waals surface area (Å²) in [5.41, 5.74) is 3.15. The van der Waals surface area contributed by atoms with Crippen molar-refractivity contribution in [1.82, 2.24) is 29.0 Å². The summed E-state index contributed by atoms with van der Waals surface area (Å²) in [6.07, 6.45) is 8.03.